The molecule has 0 aliphatic heterocycles. The molecule has 4 aromatic rings. The van der Waals surface area contributed by atoms with Crippen molar-refractivity contribution in [1.29, 1.82) is 5.26 Å². The van der Waals surface area contributed by atoms with E-state index in [1.54, 1.807) is 36.4 Å². The number of nitriles is 1. The summed E-state index contributed by atoms with van der Waals surface area (Å²) in [4.78, 5) is 12.6. The number of benzene rings is 3. The molecule has 0 radical (unpaired) electrons. The summed E-state index contributed by atoms with van der Waals surface area (Å²) in [5.41, 5.74) is 1.23. The first-order chi connectivity index (χ1) is 15.3. The van der Waals surface area contributed by atoms with Crippen LogP contribution in [0.1, 0.15) is 21.6 Å². The average Bonchev–Trinajstić information content (AvgIpc) is 3.12. The number of fused-ring (bicyclic) bond motifs is 1. The first-order valence-corrected chi connectivity index (χ1v) is 11.1. The van der Waals surface area contributed by atoms with Crippen LogP contribution in [0, 0.1) is 17.1 Å². The van der Waals surface area contributed by atoms with Crippen LogP contribution in [-0.2, 0) is 16.6 Å². The molecule has 0 unspecified atom stereocenters. The molecule has 32 heavy (non-hydrogen) atoms. The van der Waals surface area contributed by atoms with Crippen LogP contribution in [-0.4, -0.2) is 24.1 Å². The second-order valence-electron chi connectivity index (χ2n) is 6.84. The largest absolute Gasteiger partial charge is 0.286 e. The van der Waals surface area contributed by atoms with Crippen LogP contribution < -0.4 is 4.72 Å². The third kappa shape index (κ3) is 4.19. The van der Waals surface area contributed by atoms with Crippen LogP contribution in [0.3, 0.4) is 0 Å². The van der Waals surface area contributed by atoms with E-state index in [1.165, 1.54) is 28.9 Å². The highest BCUT2D eigenvalue weighted by molar-refractivity contribution is 7.90. The molecule has 0 aliphatic carbocycles. The van der Waals surface area contributed by atoms with Crippen molar-refractivity contribution in [3.05, 3.63) is 94.4 Å². The van der Waals surface area contributed by atoms with Crippen molar-refractivity contribution in [1.82, 2.24) is 14.5 Å². The molecule has 160 valence electrons. The van der Waals surface area contributed by atoms with Crippen molar-refractivity contribution < 1.29 is 17.6 Å². The van der Waals surface area contributed by atoms with Crippen molar-refractivity contribution in [3.63, 3.8) is 0 Å². The van der Waals surface area contributed by atoms with E-state index in [9.17, 15) is 17.6 Å². The van der Waals surface area contributed by atoms with E-state index in [1.807, 2.05) is 10.8 Å². The molecule has 0 saturated carbocycles. The van der Waals surface area contributed by atoms with Crippen LogP contribution in [0.2, 0.25) is 5.02 Å². The number of nitrogens with one attached hydrogen (secondary N) is 1. The summed E-state index contributed by atoms with van der Waals surface area (Å²) in [6, 6.07) is 18.2. The molecule has 7 nitrogen and oxygen atoms in total. The summed E-state index contributed by atoms with van der Waals surface area (Å²) >= 11 is 5.92. The molecule has 1 heterocycles. The Morgan fingerprint density at radius 2 is 1.91 bits per heavy atom. The molecule has 1 amide bonds. The van der Waals surface area contributed by atoms with Crippen molar-refractivity contribution in [3.8, 4) is 6.07 Å². The highest BCUT2D eigenvalue weighted by Crippen LogP contribution is 2.22. The molecule has 1 N–H and O–H groups in total. The Kier molecular flexibility index (Phi) is 5.65. The van der Waals surface area contributed by atoms with E-state index >= 15 is 0 Å². The Balaban J connectivity index is 1.68. The third-order valence-corrected chi connectivity index (χ3v) is 6.33. The fourth-order valence-corrected chi connectivity index (χ4v) is 4.47. The fourth-order valence-electron chi connectivity index (χ4n) is 3.21. The number of carbonyl (C=O) groups excluding carboxylic acids is 1. The number of amides is 1. The first kappa shape index (κ1) is 21.5. The monoisotopic (exact) mass is 468 g/mol. The van der Waals surface area contributed by atoms with Gasteiger partial charge in [0.05, 0.1) is 27.5 Å². The minimum absolute atomic E-state index is 0.0485. The molecular weight excluding hydrogens is 455 g/mol. The number of carbonyl (C=O) groups is 1. The van der Waals surface area contributed by atoms with Crippen LogP contribution in [0.5, 0.6) is 0 Å². The predicted octanol–water partition coefficient (Wildman–Crippen LogP) is 3.87. The lowest BCUT2D eigenvalue weighted by Gasteiger charge is -2.07. The van der Waals surface area contributed by atoms with E-state index in [4.69, 9.17) is 16.9 Å². The van der Waals surface area contributed by atoms with Gasteiger partial charge < -0.3 is 0 Å². The zero-order chi connectivity index (χ0) is 22.9. The van der Waals surface area contributed by atoms with Gasteiger partial charge in [-0.15, -0.1) is 0 Å². The predicted molar refractivity (Wildman–Crippen MR) is 116 cm³/mol. The number of aromatic nitrogens is 2. The van der Waals surface area contributed by atoms with Gasteiger partial charge in [0.2, 0.25) is 0 Å². The number of halogens is 2. The number of nitrogens with zero attached hydrogens (tertiary/aromatic N) is 3. The minimum atomic E-state index is -4.27. The molecule has 0 spiro atoms. The van der Waals surface area contributed by atoms with Crippen LogP contribution >= 0.6 is 11.6 Å². The SMILES string of the molecule is N#Cc1ccc(S(=O)(=O)NC(=O)c2nn(Cc3cccc(F)c3)c3ccccc23)cc1Cl. The van der Waals surface area contributed by atoms with E-state index in [2.05, 4.69) is 5.10 Å². The van der Waals surface area contributed by atoms with Gasteiger partial charge in [0, 0.05) is 5.39 Å². The van der Waals surface area contributed by atoms with Crippen LogP contribution in [0.4, 0.5) is 4.39 Å². The molecule has 0 bridgehead atoms. The Hall–Kier alpha value is -3.74. The molecule has 4 rings (SSSR count). The van der Waals surface area contributed by atoms with Gasteiger partial charge in [0.15, 0.2) is 5.69 Å². The molecular formula is C22H14ClFN4O3S. The highest BCUT2D eigenvalue weighted by atomic mass is 35.5. The van der Waals surface area contributed by atoms with Crippen molar-refractivity contribution in [2.75, 3.05) is 0 Å². The molecule has 3 aromatic carbocycles. The van der Waals surface area contributed by atoms with Gasteiger partial charge in [-0.05, 0) is 42.0 Å². The lowest BCUT2D eigenvalue weighted by atomic mass is 10.2. The molecule has 0 fully saturated rings. The molecule has 0 aliphatic rings. The number of hydrogen-bond acceptors (Lipinski definition) is 5. The number of para-hydroxylation sites is 1. The number of sulfonamides is 1. The Morgan fingerprint density at radius 1 is 1.12 bits per heavy atom. The number of rotatable bonds is 5. The van der Waals surface area contributed by atoms with Crippen molar-refractivity contribution >= 4 is 38.4 Å². The van der Waals surface area contributed by atoms with E-state index in [0.29, 0.717) is 16.5 Å². The van der Waals surface area contributed by atoms with Gasteiger partial charge in [-0.3, -0.25) is 9.48 Å². The molecule has 0 saturated heterocycles. The van der Waals surface area contributed by atoms with Gasteiger partial charge >= 0.3 is 0 Å². The van der Waals surface area contributed by atoms with E-state index < -0.39 is 21.7 Å². The molecule has 1 aromatic heterocycles. The summed E-state index contributed by atoms with van der Waals surface area (Å²) in [5.74, 6) is -1.33. The van der Waals surface area contributed by atoms with Crippen LogP contribution in [0.15, 0.2) is 71.6 Å². The van der Waals surface area contributed by atoms with Gasteiger partial charge in [0.1, 0.15) is 11.9 Å². The zero-order valence-corrected chi connectivity index (χ0v) is 17.9. The summed E-state index contributed by atoms with van der Waals surface area (Å²) in [7, 11) is -4.27. The van der Waals surface area contributed by atoms with Gasteiger partial charge in [-0.25, -0.2) is 17.5 Å². The standard InChI is InChI=1S/C22H14ClFN4O3S/c23-19-11-17(9-8-15(19)12-25)32(30,31)27-22(29)21-18-6-1-2-7-20(18)28(26-21)13-14-4-3-5-16(24)10-14/h1-11H,13H2,(H,27,29). The average molecular weight is 469 g/mol. The van der Waals surface area contributed by atoms with Crippen LogP contribution in [0.25, 0.3) is 10.9 Å². The van der Waals surface area contributed by atoms with Gasteiger partial charge in [-0.1, -0.05) is 41.9 Å². The molecule has 10 heteroatoms. The normalized spacial score (nSPS) is 11.3. The fraction of sp³-hybridized carbons (Fsp3) is 0.0455. The summed E-state index contributed by atoms with van der Waals surface area (Å²) in [6.45, 7) is 0.184. The smallest absolute Gasteiger partial charge is 0.266 e. The van der Waals surface area contributed by atoms with Crippen molar-refractivity contribution in [2.24, 2.45) is 0 Å². The number of hydrogen-bond donors (Lipinski definition) is 1. The summed E-state index contributed by atoms with van der Waals surface area (Å²) < 4.78 is 42.4. The van der Waals surface area contributed by atoms with E-state index in [0.717, 1.165) is 6.07 Å². The quantitative estimate of drug-likeness (QED) is 0.478. The van der Waals surface area contributed by atoms with Gasteiger partial charge in [-0.2, -0.15) is 10.4 Å². The first-order valence-electron chi connectivity index (χ1n) is 9.25. The lowest BCUT2D eigenvalue weighted by molar-refractivity contribution is 0.0977. The maximum absolute atomic E-state index is 13.6. The maximum atomic E-state index is 13.6. The lowest BCUT2D eigenvalue weighted by Crippen LogP contribution is -2.31. The second kappa shape index (κ2) is 8.42. The maximum Gasteiger partial charge on any atom is 0.286 e. The van der Waals surface area contributed by atoms with E-state index in [-0.39, 0.29) is 27.7 Å². The second-order valence-corrected chi connectivity index (χ2v) is 8.93. The molecule has 0 atom stereocenters. The van der Waals surface area contributed by atoms with Crippen molar-refractivity contribution in [2.45, 2.75) is 11.4 Å². The summed E-state index contributed by atoms with van der Waals surface area (Å²) in [5, 5.41) is 13.6. The Bertz CT molecular complexity index is 1510. The Morgan fingerprint density at radius 3 is 2.62 bits per heavy atom. The zero-order valence-electron chi connectivity index (χ0n) is 16.3. The third-order valence-electron chi connectivity index (χ3n) is 4.69. The minimum Gasteiger partial charge on any atom is -0.266 e. The van der Waals surface area contributed by atoms with Gasteiger partial charge in [0.25, 0.3) is 15.9 Å². The topological polar surface area (TPSA) is 105 Å². The highest BCUT2D eigenvalue weighted by Gasteiger charge is 2.24. The Labute approximate surface area is 187 Å². The summed E-state index contributed by atoms with van der Waals surface area (Å²) in [6.07, 6.45) is 0.